The molecule has 1 N–H and O–H groups in total. The van der Waals surface area contributed by atoms with Gasteiger partial charge in [-0.15, -0.1) is 0 Å². The first-order valence-electron chi connectivity index (χ1n) is 6.52. The molecule has 1 aromatic rings. The number of hydrogen-bond donors (Lipinski definition) is 1. The van der Waals surface area contributed by atoms with Crippen molar-refractivity contribution in [1.82, 2.24) is 5.32 Å². The first-order valence-corrected chi connectivity index (χ1v) is 6.90. The summed E-state index contributed by atoms with van der Waals surface area (Å²) in [6, 6.07) is 6.02. The van der Waals surface area contributed by atoms with Crippen LogP contribution >= 0.6 is 11.6 Å². The Balaban J connectivity index is 2.05. The molecule has 1 aliphatic rings. The SMILES string of the molecule is CC(C)NC1CCCN(c2ccc(Cl)c(F)c2)C1. The van der Waals surface area contributed by atoms with Crippen LogP contribution in [-0.2, 0) is 0 Å². The average Bonchev–Trinajstić information content (AvgIpc) is 2.32. The maximum Gasteiger partial charge on any atom is 0.143 e. The molecule has 1 atom stereocenters. The molecule has 1 saturated heterocycles. The molecule has 0 amide bonds. The van der Waals surface area contributed by atoms with Crippen molar-refractivity contribution in [3.8, 4) is 0 Å². The van der Waals surface area contributed by atoms with Crippen LogP contribution in [0.3, 0.4) is 0 Å². The largest absolute Gasteiger partial charge is 0.370 e. The summed E-state index contributed by atoms with van der Waals surface area (Å²) in [5.74, 6) is -0.340. The van der Waals surface area contributed by atoms with E-state index in [0.717, 1.165) is 25.2 Å². The molecular weight excluding hydrogens is 251 g/mol. The highest BCUT2D eigenvalue weighted by Gasteiger charge is 2.20. The van der Waals surface area contributed by atoms with E-state index in [1.54, 1.807) is 6.07 Å². The molecule has 0 radical (unpaired) electrons. The zero-order valence-electron chi connectivity index (χ0n) is 10.9. The highest BCUT2D eigenvalue weighted by molar-refractivity contribution is 6.30. The normalized spacial score (nSPS) is 20.5. The molecule has 1 fully saturated rings. The van der Waals surface area contributed by atoms with E-state index in [9.17, 15) is 4.39 Å². The van der Waals surface area contributed by atoms with Gasteiger partial charge in [0.25, 0.3) is 0 Å². The van der Waals surface area contributed by atoms with Gasteiger partial charge in [-0.1, -0.05) is 25.4 Å². The van der Waals surface area contributed by atoms with Crippen LogP contribution in [0.5, 0.6) is 0 Å². The second-order valence-electron chi connectivity index (χ2n) is 5.20. The zero-order chi connectivity index (χ0) is 13.1. The average molecular weight is 271 g/mol. The van der Waals surface area contributed by atoms with E-state index < -0.39 is 0 Å². The number of nitrogens with one attached hydrogen (secondary N) is 1. The lowest BCUT2D eigenvalue weighted by Gasteiger charge is -2.35. The zero-order valence-corrected chi connectivity index (χ0v) is 11.7. The predicted octanol–water partition coefficient (Wildman–Crippen LogP) is 3.45. The molecule has 0 spiro atoms. The summed E-state index contributed by atoms with van der Waals surface area (Å²) >= 11 is 5.71. The minimum absolute atomic E-state index is 0.188. The van der Waals surface area contributed by atoms with Crippen LogP contribution in [0.2, 0.25) is 5.02 Å². The van der Waals surface area contributed by atoms with E-state index in [2.05, 4.69) is 24.1 Å². The fraction of sp³-hybridized carbons (Fsp3) is 0.571. The summed E-state index contributed by atoms with van der Waals surface area (Å²) in [5, 5.41) is 3.73. The van der Waals surface area contributed by atoms with Gasteiger partial charge in [0.2, 0.25) is 0 Å². The Morgan fingerprint density at radius 1 is 1.44 bits per heavy atom. The third-order valence-corrected chi connectivity index (χ3v) is 3.57. The van der Waals surface area contributed by atoms with Gasteiger partial charge in [-0.25, -0.2) is 4.39 Å². The van der Waals surface area contributed by atoms with Crippen LogP contribution in [0.1, 0.15) is 26.7 Å². The Morgan fingerprint density at radius 2 is 2.22 bits per heavy atom. The first kappa shape index (κ1) is 13.6. The third-order valence-electron chi connectivity index (χ3n) is 3.26. The van der Waals surface area contributed by atoms with Gasteiger partial charge in [-0.05, 0) is 31.0 Å². The van der Waals surface area contributed by atoms with Crippen molar-refractivity contribution in [2.75, 3.05) is 18.0 Å². The molecule has 1 unspecified atom stereocenters. The minimum Gasteiger partial charge on any atom is -0.370 e. The summed E-state index contributed by atoms with van der Waals surface area (Å²) < 4.78 is 13.5. The highest BCUT2D eigenvalue weighted by atomic mass is 35.5. The van der Waals surface area contributed by atoms with Crippen molar-refractivity contribution < 1.29 is 4.39 Å². The standard InChI is InChI=1S/C14H20ClFN2/c1-10(2)17-11-4-3-7-18(9-11)12-5-6-13(15)14(16)8-12/h5-6,8,10-11,17H,3-4,7,9H2,1-2H3. The molecule has 0 aliphatic carbocycles. The van der Waals surface area contributed by atoms with E-state index >= 15 is 0 Å². The Kier molecular flexibility index (Phi) is 4.46. The van der Waals surface area contributed by atoms with Crippen LogP contribution in [-0.4, -0.2) is 25.2 Å². The smallest absolute Gasteiger partial charge is 0.143 e. The second kappa shape index (κ2) is 5.89. The number of benzene rings is 1. The van der Waals surface area contributed by atoms with Gasteiger partial charge in [-0.2, -0.15) is 0 Å². The molecular formula is C14H20ClFN2. The van der Waals surface area contributed by atoms with Crippen LogP contribution in [0.15, 0.2) is 18.2 Å². The Bertz CT molecular complexity index is 409. The number of anilines is 1. The van der Waals surface area contributed by atoms with Crippen LogP contribution in [0.4, 0.5) is 10.1 Å². The van der Waals surface area contributed by atoms with Crippen molar-refractivity contribution >= 4 is 17.3 Å². The van der Waals surface area contributed by atoms with E-state index in [-0.39, 0.29) is 10.8 Å². The minimum atomic E-state index is -0.340. The van der Waals surface area contributed by atoms with Crippen LogP contribution < -0.4 is 10.2 Å². The molecule has 2 rings (SSSR count). The maximum atomic E-state index is 13.5. The molecule has 100 valence electrons. The molecule has 18 heavy (non-hydrogen) atoms. The lowest BCUT2D eigenvalue weighted by atomic mass is 10.0. The maximum absolute atomic E-state index is 13.5. The molecule has 2 nitrogen and oxygen atoms in total. The summed E-state index contributed by atoms with van der Waals surface area (Å²) in [6.07, 6.45) is 2.32. The van der Waals surface area contributed by atoms with E-state index in [1.165, 1.54) is 12.5 Å². The van der Waals surface area contributed by atoms with Gasteiger partial charge in [-0.3, -0.25) is 0 Å². The van der Waals surface area contributed by atoms with E-state index in [1.807, 2.05) is 6.07 Å². The summed E-state index contributed by atoms with van der Waals surface area (Å²) in [6.45, 7) is 6.22. The third kappa shape index (κ3) is 3.36. The predicted molar refractivity (Wildman–Crippen MR) is 74.9 cm³/mol. The Hall–Kier alpha value is -0.800. The molecule has 1 aliphatic heterocycles. The Morgan fingerprint density at radius 3 is 2.89 bits per heavy atom. The number of piperidine rings is 1. The highest BCUT2D eigenvalue weighted by Crippen LogP contribution is 2.24. The van der Waals surface area contributed by atoms with Gasteiger partial charge in [0.1, 0.15) is 5.82 Å². The van der Waals surface area contributed by atoms with Crippen molar-refractivity contribution in [2.45, 2.75) is 38.8 Å². The van der Waals surface area contributed by atoms with Crippen molar-refractivity contribution in [3.63, 3.8) is 0 Å². The van der Waals surface area contributed by atoms with Crippen molar-refractivity contribution in [1.29, 1.82) is 0 Å². The quantitative estimate of drug-likeness (QED) is 0.905. The van der Waals surface area contributed by atoms with Gasteiger partial charge < -0.3 is 10.2 Å². The number of hydrogen-bond acceptors (Lipinski definition) is 2. The van der Waals surface area contributed by atoms with Crippen molar-refractivity contribution in [2.24, 2.45) is 0 Å². The fourth-order valence-electron chi connectivity index (χ4n) is 2.50. The van der Waals surface area contributed by atoms with Crippen molar-refractivity contribution in [3.05, 3.63) is 29.0 Å². The second-order valence-corrected chi connectivity index (χ2v) is 5.61. The number of halogens is 2. The number of rotatable bonds is 3. The van der Waals surface area contributed by atoms with Gasteiger partial charge in [0.15, 0.2) is 0 Å². The topological polar surface area (TPSA) is 15.3 Å². The molecule has 0 aromatic heterocycles. The molecule has 1 heterocycles. The first-order chi connectivity index (χ1) is 8.56. The van der Waals surface area contributed by atoms with Crippen LogP contribution in [0, 0.1) is 5.82 Å². The van der Waals surface area contributed by atoms with E-state index in [0.29, 0.717) is 12.1 Å². The summed E-state index contributed by atoms with van der Waals surface area (Å²) in [7, 11) is 0. The van der Waals surface area contributed by atoms with Crippen LogP contribution in [0.25, 0.3) is 0 Å². The summed E-state index contributed by atoms with van der Waals surface area (Å²) in [5.41, 5.74) is 0.923. The Labute approximate surface area is 113 Å². The fourth-order valence-corrected chi connectivity index (χ4v) is 2.62. The number of nitrogens with zero attached hydrogens (tertiary/aromatic N) is 1. The molecule has 4 heteroatoms. The summed E-state index contributed by atoms with van der Waals surface area (Å²) in [4.78, 5) is 2.23. The molecule has 0 saturated carbocycles. The lowest BCUT2D eigenvalue weighted by Crippen LogP contribution is -2.47. The molecule has 1 aromatic carbocycles. The van der Waals surface area contributed by atoms with Gasteiger partial charge in [0, 0.05) is 30.9 Å². The van der Waals surface area contributed by atoms with Gasteiger partial charge >= 0.3 is 0 Å². The lowest BCUT2D eigenvalue weighted by molar-refractivity contribution is 0.394. The monoisotopic (exact) mass is 270 g/mol. The molecule has 0 bridgehead atoms. The van der Waals surface area contributed by atoms with Gasteiger partial charge in [0.05, 0.1) is 5.02 Å². The van der Waals surface area contributed by atoms with E-state index in [4.69, 9.17) is 11.6 Å².